The van der Waals surface area contributed by atoms with E-state index in [9.17, 15) is 4.79 Å². The predicted molar refractivity (Wildman–Crippen MR) is 160 cm³/mol. The van der Waals surface area contributed by atoms with Crippen LogP contribution >= 0.6 is 0 Å². The van der Waals surface area contributed by atoms with Gasteiger partial charge in [0.25, 0.3) is 8.32 Å². The van der Waals surface area contributed by atoms with Crippen LogP contribution in [0.4, 0.5) is 0 Å². The number of esters is 1. The summed E-state index contributed by atoms with van der Waals surface area (Å²) in [6, 6.07) is 22.1. The maximum atomic E-state index is 12.9. The van der Waals surface area contributed by atoms with Crippen LogP contribution in [0.2, 0.25) is 18.1 Å². The van der Waals surface area contributed by atoms with Crippen molar-refractivity contribution in [1.82, 2.24) is 0 Å². The molecule has 1 heterocycles. The summed E-state index contributed by atoms with van der Waals surface area (Å²) >= 11 is 0. The molecule has 0 aromatic heterocycles. The summed E-state index contributed by atoms with van der Waals surface area (Å²) in [5.41, 5.74) is 3.20. The largest absolute Gasteiger partial charge is 0.541 e. The second-order valence-corrected chi connectivity index (χ2v) is 16.7. The van der Waals surface area contributed by atoms with E-state index in [0.717, 1.165) is 22.4 Å². The molecule has 214 valence electrons. The minimum atomic E-state index is -2.14. The van der Waals surface area contributed by atoms with Crippen LogP contribution < -0.4 is 18.6 Å². The molecule has 6 nitrogen and oxygen atoms in total. The van der Waals surface area contributed by atoms with Gasteiger partial charge < -0.3 is 23.4 Å². The zero-order valence-electron chi connectivity index (χ0n) is 24.8. The van der Waals surface area contributed by atoms with Crippen molar-refractivity contribution in [2.24, 2.45) is 11.8 Å². The molecule has 0 radical (unpaired) electrons. The van der Waals surface area contributed by atoms with Crippen LogP contribution in [0.25, 0.3) is 0 Å². The third-order valence-corrected chi connectivity index (χ3v) is 12.5. The van der Waals surface area contributed by atoms with E-state index in [2.05, 4.69) is 39.9 Å². The summed E-state index contributed by atoms with van der Waals surface area (Å²) in [4.78, 5) is 12.9. The van der Waals surface area contributed by atoms with Gasteiger partial charge in [0.15, 0.2) is 17.2 Å². The van der Waals surface area contributed by atoms with Gasteiger partial charge in [0.2, 0.25) is 0 Å². The average molecular weight is 563 g/mol. The minimum Gasteiger partial charge on any atom is -0.541 e. The van der Waals surface area contributed by atoms with Crippen LogP contribution in [0.3, 0.4) is 0 Å². The molecule has 0 N–H and O–H groups in total. The van der Waals surface area contributed by atoms with Gasteiger partial charge in [-0.3, -0.25) is 4.79 Å². The Morgan fingerprint density at radius 3 is 2.08 bits per heavy atom. The zero-order valence-corrected chi connectivity index (χ0v) is 25.8. The number of rotatable bonds is 11. The van der Waals surface area contributed by atoms with Gasteiger partial charge in [-0.1, -0.05) is 63.2 Å². The molecule has 1 aliphatic heterocycles. The first-order valence-electron chi connectivity index (χ1n) is 13.9. The molecule has 7 heteroatoms. The van der Waals surface area contributed by atoms with E-state index in [-0.39, 0.29) is 22.8 Å². The molecule has 0 unspecified atom stereocenters. The van der Waals surface area contributed by atoms with Crippen LogP contribution in [-0.4, -0.2) is 35.1 Å². The smallest absolute Gasteiger partial charge is 0.309 e. The highest BCUT2D eigenvalue weighted by molar-refractivity contribution is 6.74. The molecule has 0 saturated carbocycles. The van der Waals surface area contributed by atoms with Gasteiger partial charge in [-0.15, -0.1) is 0 Å². The highest BCUT2D eigenvalue weighted by Crippen LogP contribution is 2.41. The van der Waals surface area contributed by atoms with Crippen molar-refractivity contribution in [3.05, 3.63) is 83.4 Å². The lowest BCUT2D eigenvalue weighted by molar-refractivity contribution is -0.141. The predicted octanol–water partition coefficient (Wildman–Crippen LogP) is 7.24. The Morgan fingerprint density at radius 1 is 0.800 bits per heavy atom. The number of carbonyl (C=O) groups excluding carboxylic acids is 1. The van der Waals surface area contributed by atoms with Gasteiger partial charge in [-0.05, 0) is 71.9 Å². The standard InChI is InChI=1S/C33H42O6Si/c1-33(2,3)40(6,7)39-31-20-25(14-16-29(31)37-21-23-11-9-8-10-12-23)18-27-26(22-38-32(27)34)17-24-13-15-28(35-4)30(19-24)36-5/h8-16,19-20,26-27H,17-18,21-22H2,1-7H3/t26-,27+/m0/s1. The summed E-state index contributed by atoms with van der Waals surface area (Å²) in [7, 11) is 1.11. The van der Waals surface area contributed by atoms with Crippen molar-refractivity contribution in [2.75, 3.05) is 20.8 Å². The minimum absolute atomic E-state index is 0.0273. The quantitative estimate of drug-likeness (QED) is 0.181. The van der Waals surface area contributed by atoms with Crippen LogP contribution in [0.1, 0.15) is 37.5 Å². The van der Waals surface area contributed by atoms with Gasteiger partial charge in [0, 0.05) is 5.92 Å². The van der Waals surface area contributed by atoms with Crippen molar-refractivity contribution in [3.63, 3.8) is 0 Å². The highest BCUT2D eigenvalue weighted by atomic mass is 28.4. The van der Waals surface area contributed by atoms with Gasteiger partial charge in [0.05, 0.1) is 26.7 Å². The number of carbonyl (C=O) groups is 1. The first kappa shape index (κ1) is 29.5. The highest BCUT2D eigenvalue weighted by Gasteiger charge is 2.40. The monoisotopic (exact) mass is 562 g/mol. The van der Waals surface area contributed by atoms with Crippen molar-refractivity contribution in [1.29, 1.82) is 0 Å². The Bertz CT molecular complexity index is 1300. The number of benzene rings is 3. The van der Waals surface area contributed by atoms with Crippen molar-refractivity contribution in [3.8, 4) is 23.0 Å². The van der Waals surface area contributed by atoms with E-state index in [0.29, 0.717) is 43.3 Å². The van der Waals surface area contributed by atoms with E-state index < -0.39 is 8.32 Å². The van der Waals surface area contributed by atoms with E-state index in [1.165, 1.54) is 0 Å². The number of ether oxygens (including phenoxy) is 4. The number of cyclic esters (lactones) is 1. The molecule has 2 atom stereocenters. The van der Waals surface area contributed by atoms with Crippen molar-refractivity contribution >= 4 is 14.3 Å². The molecule has 1 aliphatic rings. The van der Waals surface area contributed by atoms with Crippen molar-refractivity contribution < 1.29 is 28.2 Å². The first-order valence-corrected chi connectivity index (χ1v) is 16.8. The lowest BCUT2D eigenvalue weighted by Crippen LogP contribution is -2.44. The van der Waals surface area contributed by atoms with E-state index in [1.807, 2.05) is 60.7 Å². The molecular weight excluding hydrogens is 520 g/mol. The summed E-state index contributed by atoms with van der Waals surface area (Å²) in [6.45, 7) is 12.0. The maximum Gasteiger partial charge on any atom is 0.309 e. The topological polar surface area (TPSA) is 63.2 Å². The van der Waals surface area contributed by atoms with Gasteiger partial charge in [0.1, 0.15) is 12.4 Å². The normalized spacial score (nSPS) is 17.3. The SMILES string of the molecule is COc1ccc(C[C@H]2COC(=O)[C@@H]2Cc2ccc(OCc3ccccc3)c(O[Si](C)(C)C(C)(C)C)c2)cc1OC. The fourth-order valence-corrected chi connectivity index (χ4v) is 5.68. The van der Waals surface area contributed by atoms with Gasteiger partial charge in [-0.25, -0.2) is 0 Å². The Morgan fingerprint density at radius 2 is 1.43 bits per heavy atom. The lowest BCUT2D eigenvalue weighted by atomic mass is 9.85. The second kappa shape index (κ2) is 12.4. The van der Waals surface area contributed by atoms with Crippen molar-refractivity contribution in [2.45, 2.75) is 58.4 Å². The molecule has 0 bridgehead atoms. The molecule has 1 saturated heterocycles. The number of methoxy groups -OCH3 is 2. The Kier molecular flexibility index (Phi) is 9.14. The van der Waals surface area contributed by atoms with E-state index in [4.69, 9.17) is 23.4 Å². The Labute approximate surface area is 239 Å². The van der Waals surface area contributed by atoms with Gasteiger partial charge >= 0.3 is 5.97 Å². The third-order valence-electron chi connectivity index (χ3n) is 8.13. The van der Waals surface area contributed by atoms with Crippen LogP contribution in [0.5, 0.6) is 23.0 Å². The maximum absolute atomic E-state index is 12.9. The number of hydrogen-bond donors (Lipinski definition) is 0. The average Bonchev–Trinajstić information content (AvgIpc) is 3.26. The summed E-state index contributed by atoms with van der Waals surface area (Å²) < 4.78 is 29.4. The fraction of sp³-hybridized carbons (Fsp3) is 0.424. The van der Waals surface area contributed by atoms with Crippen LogP contribution in [-0.2, 0) is 29.0 Å². The zero-order chi connectivity index (χ0) is 28.9. The Hall–Kier alpha value is -3.45. The molecule has 0 amide bonds. The molecule has 1 fully saturated rings. The fourth-order valence-electron chi connectivity index (χ4n) is 4.66. The molecule has 0 spiro atoms. The second-order valence-electron chi connectivity index (χ2n) is 12.0. The van der Waals surface area contributed by atoms with Gasteiger partial charge in [-0.2, -0.15) is 0 Å². The lowest BCUT2D eigenvalue weighted by Gasteiger charge is -2.37. The first-order chi connectivity index (χ1) is 19.0. The van der Waals surface area contributed by atoms with Crippen LogP contribution in [0, 0.1) is 11.8 Å². The molecule has 0 aliphatic carbocycles. The van der Waals surface area contributed by atoms with E-state index in [1.54, 1.807) is 14.2 Å². The van der Waals surface area contributed by atoms with Crippen LogP contribution in [0.15, 0.2) is 66.7 Å². The molecular formula is C33H42O6Si. The Balaban J connectivity index is 1.56. The summed E-state index contributed by atoms with van der Waals surface area (Å²) in [5.74, 6) is 2.48. The molecule has 3 aromatic carbocycles. The summed E-state index contributed by atoms with van der Waals surface area (Å²) in [6.07, 6.45) is 1.28. The molecule has 3 aromatic rings. The summed E-state index contributed by atoms with van der Waals surface area (Å²) in [5, 5.41) is 0.0273. The molecule has 4 rings (SSSR count). The molecule has 40 heavy (non-hydrogen) atoms. The number of hydrogen-bond acceptors (Lipinski definition) is 6. The van der Waals surface area contributed by atoms with E-state index >= 15 is 0 Å². The third kappa shape index (κ3) is 7.00.